The summed E-state index contributed by atoms with van der Waals surface area (Å²) in [7, 11) is 1.25. The molecule has 0 aliphatic rings. The summed E-state index contributed by atoms with van der Waals surface area (Å²) in [5.41, 5.74) is -0.562. The minimum Gasteiger partial charge on any atom is -0.480 e. The molecule has 0 atom stereocenters. The molecule has 112 valence electrons. The van der Waals surface area contributed by atoms with Crippen LogP contribution in [-0.4, -0.2) is 37.5 Å². The van der Waals surface area contributed by atoms with Crippen molar-refractivity contribution in [3.8, 4) is 0 Å². The summed E-state index contributed by atoms with van der Waals surface area (Å²) < 4.78 is 14.7. The van der Waals surface area contributed by atoms with Crippen LogP contribution >= 0.6 is 0 Å². The maximum atomic E-state index is 11.5. The molecule has 0 amide bonds. The lowest BCUT2D eigenvalue weighted by Crippen LogP contribution is -2.26. The number of aliphatic imine (C=N–C) groups is 1. The Morgan fingerprint density at radius 3 is 2.40 bits per heavy atom. The van der Waals surface area contributed by atoms with Gasteiger partial charge in [-0.2, -0.15) is 0 Å². The van der Waals surface area contributed by atoms with E-state index in [0.29, 0.717) is 5.76 Å². The van der Waals surface area contributed by atoms with Crippen molar-refractivity contribution in [3.63, 3.8) is 0 Å². The minimum atomic E-state index is -0.576. The predicted octanol–water partition coefficient (Wildman–Crippen LogP) is 2.01. The highest BCUT2D eigenvalue weighted by molar-refractivity contribution is 6.23. The van der Waals surface area contributed by atoms with Crippen LogP contribution in [0.4, 0.5) is 0 Å². The van der Waals surface area contributed by atoms with Gasteiger partial charge in [-0.1, -0.05) is 6.08 Å². The summed E-state index contributed by atoms with van der Waals surface area (Å²) in [4.78, 5) is 26.0. The highest BCUT2D eigenvalue weighted by Crippen LogP contribution is 2.08. The number of ether oxygens (including phenoxy) is 3. The molecular formula is C14H21NO5. The SMILES string of the molecule is C\C=C/C(=C\N=C\C(=O)OC)OCC(=O)OC(C)(C)C. The van der Waals surface area contributed by atoms with Crippen LogP contribution in [-0.2, 0) is 23.8 Å². The molecule has 0 fully saturated rings. The maximum absolute atomic E-state index is 11.5. The molecule has 0 saturated heterocycles. The van der Waals surface area contributed by atoms with Gasteiger partial charge in [-0.25, -0.2) is 9.59 Å². The Morgan fingerprint density at radius 2 is 1.90 bits per heavy atom. The Morgan fingerprint density at radius 1 is 1.25 bits per heavy atom. The van der Waals surface area contributed by atoms with Gasteiger partial charge in [0, 0.05) is 0 Å². The molecule has 0 radical (unpaired) electrons. The van der Waals surface area contributed by atoms with Crippen molar-refractivity contribution in [1.29, 1.82) is 0 Å². The monoisotopic (exact) mass is 283 g/mol. The normalized spacial score (nSPS) is 12.8. The van der Waals surface area contributed by atoms with Crippen molar-refractivity contribution in [2.75, 3.05) is 13.7 Å². The van der Waals surface area contributed by atoms with Gasteiger partial charge in [0.25, 0.3) is 0 Å². The fraction of sp³-hybridized carbons (Fsp3) is 0.500. The van der Waals surface area contributed by atoms with Gasteiger partial charge in [0.1, 0.15) is 17.6 Å². The van der Waals surface area contributed by atoms with Gasteiger partial charge < -0.3 is 14.2 Å². The van der Waals surface area contributed by atoms with Crippen LogP contribution < -0.4 is 0 Å². The van der Waals surface area contributed by atoms with E-state index in [1.807, 2.05) is 0 Å². The van der Waals surface area contributed by atoms with E-state index in [1.54, 1.807) is 39.8 Å². The van der Waals surface area contributed by atoms with Crippen LogP contribution in [0.1, 0.15) is 27.7 Å². The molecular weight excluding hydrogens is 262 g/mol. The molecule has 0 N–H and O–H groups in total. The van der Waals surface area contributed by atoms with Gasteiger partial charge in [-0.15, -0.1) is 0 Å². The first-order chi connectivity index (χ1) is 9.28. The van der Waals surface area contributed by atoms with Gasteiger partial charge in [0.2, 0.25) is 0 Å². The first-order valence-electron chi connectivity index (χ1n) is 6.07. The molecule has 0 aliphatic carbocycles. The molecule has 0 saturated carbocycles. The highest BCUT2D eigenvalue weighted by Gasteiger charge is 2.16. The average Bonchev–Trinajstić information content (AvgIpc) is 2.33. The van der Waals surface area contributed by atoms with Crippen molar-refractivity contribution in [2.24, 2.45) is 4.99 Å². The molecule has 0 aromatic carbocycles. The third kappa shape index (κ3) is 9.87. The zero-order valence-electron chi connectivity index (χ0n) is 12.5. The Balaban J connectivity index is 4.49. The van der Waals surface area contributed by atoms with Crippen LogP contribution in [0.3, 0.4) is 0 Å². The fourth-order valence-electron chi connectivity index (χ4n) is 1.03. The quantitative estimate of drug-likeness (QED) is 0.322. The summed E-state index contributed by atoms with van der Waals surface area (Å²) in [5.74, 6) is -0.725. The summed E-state index contributed by atoms with van der Waals surface area (Å²) in [6.45, 7) is 6.87. The van der Waals surface area contributed by atoms with E-state index in [0.717, 1.165) is 6.21 Å². The second-order valence-corrected chi connectivity index (χ2v) is 4.71. The Hall–Kier alpha value is -2.11. The molecule has 0 rings (SSSR count). The van der Waals surface area contributed by atoms with Gasteiger partial charge in [0.15, 0.2) is 6.61 Å². The molecule has 0 unspecified atom stereocenters. The summed E-state index contributed by atoms with van der Waals surface area (Å²) in [6, 6.07) is 0. The van der Waals surface area contributed by atoms with E-state index < -0.39 is 17.5 Å². The lowest BCUT2D eigenvalue weighted by molar-refractivity contribution is -0.158. The Labute approximate surface area is 119 Å². The molecule has 0 aromatic heterocycles. The topological polar surface area (TPSA) is 74.2 Å². The van der Waals surface area contributed by atoms with Gasteiger partial charge >= 0.3 is 11.9 Å². The maximum Gasteiger partial charge on any atom is 0.349 e. The van der Waals surface area contributed by atoms with E-state index in [1.165, 1.54) is 13.3 Å². The van der Waals surface area contributed by atoms with Crippen molar-refractivity contribution in [1.82, 2.24) is 0 Å². The van der Waals surface area contributed by atoms with Crippen LogP contribution in [0.25, 0.3) is 0 Å². The van der Waals surface area contributed by atoms with Crippen molar-refractivity contribution < 1.29 is 23.8 Å². The summed E-state index contributed by atoms with van der Waals surface area (Å²) in [6.07, 6.45) is 5.63. The van der Waals surface area contributed by atoms with Crippen LogP contribution in [0.5, 0.6) is 0 Å². The number of carbonyl (C=O) groups excluding carboxylic acids is 2. The third-order valence-electron chi connectivity index (χ3n) is 1.69. The molecule has 0 bridgehead atoms. The van der Waals surface area contributed by atoms with Crippen molar-refractivity contribution in [2.45, 2.75) is 33.3 Å². The van der Waals surface area contributed by atoms with Crippen LogP contribution in [0.15, 0.2) is 29.1 Å². The lowest BCUT2D eigenvalue weighted by Gasteiger charge is -2.19. The zero-order valence-corrected chi connectivity index (χ0v) is 12.5. The molecule has 20 heavy (non-hydrogen) atoms. The van der Waals surface area contributed by atoms with E-state index in [2.05, 4.69) is 9.73 Å². The number of hydrogen-bond donors (Lipinski definition) is 0. The van der Waals surface area contributed by atoms with E-state index >= 15 is 0 Å². The number of nitrogens with zero attached hydrogens (tertiary/aromatic N) is 1. The first kappa shape index (κ1) is 17.9. The van der Waals surface area contributed by atoms with Gasteiger partial charge in [-0.3, -0.25) is 4.99 Å². The molecule has 0 spiro atoms. The standard InChI is InChI=1S/C14H21NO5/c1-6-7-11(8-15-9-12(16)18-5)19-10-13(17)20-14(2,3)4/h6-9H,10H2,1-5H3/b7-6-,11-8+,15-9+. The molecule has 6 heteroatoms. The number of hydrogen-bond acceptors (Lipinski definition) is 6. The molecule has 0 aliphatic heterocycles. The minimum absolute atomic E-state index is 0.235. The van der Waals surface area contributed by atoms with Crippen molar-refractivity contribution >= 4 is 18.2 Å². The Bertz CT molecular complexity index is 416. The van der Waals surface area contributed by atoms with Crippen LogP contribution in [0, 0.1) is 0 Å². The summed E-state index contributed by atoms with van der Waals surface area (Å²) >= 11 is 0. The average molecular weight is 283 g/mol. The number of allylic oxidation sites excluding steroid dienone is 2. The number of methoxy groups -OCH3 is 1. The second kappa shape index (κ2) is 8.90. The highest BCUT2D eigenvalue weighted by atomic mass is 16.6. The largest absolute Gasteiger partial charge is 0.480 e. The molecule has 0 heterocycles. The van der Waals surface area contributed by atoms with Gasteiger partial charge in [-0.05, 0) is 33.8 Å². The zero-order chi connectivity index (χ0) is 15.6. The van der Waals surface area contributed by atoms with Crippen LogP contribution in [0.2, 0.25) is 0 Å². The third-order valence-corrected chi connectivity index (χ3v) is 1.69. The second-order valence-electron chi connectivity index (χ2n) is 4.71. The molecule has 6 nitrogen and oxygen atoms in total. The van der Waals surface area contributed by atoms with E-state index in [9.17, 15) is 9.59 Å². The molecule has 0 aromatic rings. The van der Waals surface area contributed by atoms with E-state index in [-0.39, 0.29) is 6.61 Å². The number of esters is 2. The number of rotatable bonds is 6. The lowest BCUT2D eigenvalue weighted by atomic mass is 10.2. The van der Waals surface area contributed by atoms with E-state index in [4.69, 9.17) is 9.47 Å². The van der Waals surface area contributed by atoms with Gasteiger partial charge in [0.05, 0.1) is 13.3 Å². The fourth-order valence-corrected chi connectivity index (χ4v) is 1.03. The number of carbonyl (C=O) groups is 2. The smallest absolute Gasteiger partial charge is 0.349 e. The first-order valence-corrected chi connectivity index (χ1v) is 6.07. The predicted molar refractivity (Wildman–Crippen MR) is 75.2 cm³/mol. The Kier molecular flexibility index (Phi) is 7.96. The summed E-state index contributed by atoms with van der Waals surface area (Å²) in [5, 5.41) is 0. The van der Waals surface area contributed by atoms with Crippen molar-refractivity contribution in [3.05, 3.63) is 24.1 Å².